The predicted octanol–water partition coefficient (Wildman–Crippen LogP) is 2.66. The van der Waals surface area contributed by atoms with Crippen molar-refractivity contribution in [1.82, 2.24) is 4.57 Å². The van der Waals surface area contributed by atoms with E-state index in [4.69, 9.17) is 0 Å². The highest BCUT2D eigenvalue weighted by atomic mass is 16.4. The summed E-state index contributed by atoms with van der Waals surface area (Å²) in [6.45, 7) is 6.23. The number of fused-ring (bicyclic) bond motifs is 1. The van der Waals surface area contributed by atoms with Crippen molar-refractivity contribution in [2.75, 3.05) is 0 Å². The normalized spacial score (nSPS) is 11.2. The van der Waals surface area contributed by atoms with Gasteiger partial charge in [0.15, 0.2) is 0 Å². The van der Waals surface area contributed by atoms with Crippen LogP contribution in [0.5, 0.6) is 0 Å². The number of rotatable bonds is 3. The molecule has 1 N–H and O–H groups in total. The van der Waals surface area contributed by atoms with Crippen LogP contribution >= 0.6 is 0 Å². The summed E-state index contributed by atoms with van der Waals surface area (Å²) >= 11 is 0. The van der Waals surface area contributed by atoms with Crippen molar-refractivity contribution in [2.45, 2.75) is 27.3 Å². The number of aryl methyl sites for hydroxylation is 1. The van der Waals surface area contributed by atoms with E-state index < -0.39 is 5.97 Å². The molecule has 0 saturated carbocycles. The molecule has 0 unspecified atom stereocenters. The molecule has 0 aliphatic rings. The lowest BCUT2D eigenvalue weighted by Crippen LogP contribution is -2.28. The number of benzene rings is 1. The summed E-state index contributed by atoms with van der Waals surface area (Å²) in [6.07, 6.45) is 0. The Bertz CT molecular complexity index is 698. The first-order chi connectivity index (χ1) is 8.90. The van der Waals surface area contributed by atoms with Gasteiger partial charge in [0.25, 0.3) is 5.56 Å². The van der Waals surface area contributed by atoms with Crippen LogP contribution in [0.1, 0.15) is 29.9 Å². The fourth-order valence-electron chi connectivity index (χ4n) is 2.20. The van der Waals surface area contributed by atoms with Crippen molar-refractivity contribution >= 4 is 16.7 Å². The second-order valence-electron chi connectivity index (χ2n) is 5.24. The van der Waals surface area contributed by atoms with E-state index in [9.17, 15) is 14.7 Å². The van der Waals surface area contributed by atoms with Gasteiger partial charge in [-0.25, -0.2) is 4.79 Å². The molecule has 4 heteroatoms. The molecule has 0 fully saturated rings. The Morgan fingerprint density at radius 2 is 2.00 bits per heavy atom. The van der Waals surface area contributed by atoms with E-state index in [1.807, 2.05) is 32.9 Å². The number of carbonyl (C=O) groups is 1. The second kappa shape index (κ2) is 4.88. The van der Waals surface area contributed by atoms with Gasteiger partial charge in [0, 0.05) is 11.9 Å². The quantitative estimate of drug-likeness (QED) is 0.921. The summed E-state index contributed by atoms with van der Waals surface area (Å²) in [5.41, 5.74) is 0.824. The van der Waals surface area contributed by atoms with E-state index in [2.05, 4.69) is 0 Å². The first-order valence-electron chi connectivity index (χ1n) is 6.27. The van der Waals surface area contributed by atoms with Crippen molar-refractivity contribution in [1.29, 1.82) is 0 Å². The van der Waals surface area contributed by atoms with Crippen LogP contribution in [0.4, 0.5) is 0 Å². The summed E-state index contributed by atoms with van der Waals surface area (Å²) < 4.78 is 1.35. The molecule has 0 spiro atoms. The fourth-order valence-corrected chi connectivity index (χ4v) is 2.20. The largest absolute Gasteiger partial charge is 0.477 e. The minimum absolute atomic E-state index is 0.0526. The van der Waals surface area contributed by atoms with Crippen LogP contribution in [-0.2, 0) is 6.54 Å². The van der Waals surface area contributed by atoms with Gasteiger partial charge < -0.3 is 9.67 Å². The summed E-state index contributed by atoms with van der Waals surface area (Å²) in [5, 5.41) is 10.5. The molecule has 1 aromatic carbocycles. The van der Waals surface area contributed by atoms with Crippen LogP contribution < -0.4 is 5.56 Å². The maximum atomic E-state index is 12.4. The van der Waals surface area contributed by atoms with Gasteiger partial charge in [0.1, 0.15) is 5.69 Å². The van der Waals surface area contributed by atoms with Crippen LogP contribution in [0.3, 0.4) is 0 Å². The molecule has 100 valence electrons. The minimum Gasteiger partial charge on any atom is -0.477 e. The van der Waals surface area contributed by atoms with E-state index >= 15 is 0 Å². The number of aromatic carboxylic acids is 1. The zero-order chi connectivity index (χ0) is 14.2. The predicted molar refractivity (Wildman–Crippen MR) is 74.7 cm³/mol. The lowest BCUT2D eigenvalue weighted by Gasteiger charge is -2.14. The highest BCUT2D eigenvalue weighted by Gasteiger charge is 2.15. The number of pyridine rings is 1. The van der Waals surface area contributed by atoms with Gasteiger partial charge >= 0.3 is 5.97 Å². The minimum atomic E-state index is -1.07. The summed E-state index contributed by atoms with van der Waals surface area (Å²) in [5.74, 6) is -0.861. The number of carboxylic acid groups (broad SMARTS) is 1. The third-order valence-electron chi connectivity index (χ3n) is 3.03. The molecule has 4 nitrogen and oxygen atoms in total. The molecule has 0 aliphatic heterocycles. The van der Waals surface area contributed by atoms with Gasteiger partial charge in [-0.1, -0.05) is 31.5 Å². The molecule has 1 aromatic heterocycles. The molecular formula is C15H17NO3. The van der Waals surface area contributed by atoms with E-state index in [0.717, 1.165) is 5.56 Å². The Balaban J connectivity index is 2.81. The Morgan fingerprint density at radius 3 is 2.58 bits per heavy atom. The maximum absolute atomic E-state index is 12.4. The molecule has 0 atom stereocenters. The molecular weight excluding hydrogens is 242 g/mol. The van der Waals surface area contributed by atoms with Gasteiger partial charge in [-0.15, -0.1) is 0 Å². The van der Waals surface area contributed by atoms with Gasteiger partial charge in [-0.3, -0.25) is 4.79 Å². The van der Waals surface area contributed by atoms with Gasteiger partial charge in [0.05, 0.1) is 0 Å². The Labute approximate surface area is 111 Å². The number of carboxylic acids is 1. The molecule has 19 heavy (non-hydrogen) atoms. The SMILES string of the molecule is Cc1ccc2c(=O)n(CC(C)C)c(C(=O)O)cc2c1. The lowest BCUT2D eigenvalue weighted by atomic mass is 10.1. The maximum Gasteiger partial charge on any atom is 0.352 e. The molecule has 1 heterocycles. The number of aromatic nitrogens is 1. The van der Waals surface area contributed by atoms with Gasteiger partial charge in [0.2, 0.25) is 0 Å². The standard InChI is InChI=1S/C15H17NO3/c1-9(2)8-16-13(15(18)19)7-11-6-10(3)4-5-12(11)14(16)17/h4-7,9H,8H2,1-3H3,(H,18,19). The van der Waals surface area contributed by atoms with Crippen molar-refractivity contribution < 1.29 is 9.90 Å². The van der Waals surface area contributed by atoms with Gasteiger partial charge in [-0.05, 0) is 30.4 Å². The first kappa shape index (κ1) is 13.3. The highest BCUT2D eigenvalue weighted by molar-refractivity contribution is 5.92. The Hall–Kier alpha value is -2.10. The summed E-state index contributed by atoms with van der Waals surface area (Å²) in [7, 11) is 0. The third-order valence-corrected chi connectivity index (χ3v) is 3.03. The van der Waals surface area contributed by atoms with Crippen molar-refractivity contribution in [3.63, 3.8) is 0 Å². The van der Waals surface area contributed by atoms with Crippen molar-refractivity contribution in [2.24, 2.45) is 5.92 Å². The second-order valence-corrected chi connectivity index (χ2v) is 5.24. The molecule has 0 saturated heterocycles. The average molecular weight is 259 g/mol. The van der Waals surface area contributed by atoms with E-state index in [1.165, 1.54) is 4.57 Å². The lowest BCUT2D eigenvalue weighted by molar-refractivity contribution is 0.0683. The molecule has 0 radical (unpaired) electrons. The zero-order valence-corrected chi connectivity index (χ0v) is 11.3. The highest BCUT2D eigenvalue weighted by Crippen LogP contribution is 2.15. The van der Waals surface area contributed by atoms with Gasteiger partial charge in [-0.2, -0.15) is 0 Å². The molecule has 2 aromatic rings. The number of hydrogen-bond acceptors (Lipinski definition) is 2. The smallest absolute Gasteiger partial charge is 0.352 e. The van der Waals surface area contributed by atoms with Crippen LogP contribution in [0.25, 0.3) is 10.8 Å². The van der Waals surface area contributed by atoms with E-state index in [1.54, 1.807) is 12.1 Å². The van der Waals surface area contributed by atoms with Crippen LogP contribution in [0.15, 0.2) is 29.1 Å². The Kier molecular flexibility index (Phi) is 3.42. The number of nitrogens with zero attached hydrogens (tertiary/aromatic N) is 1. The van der Waals surface area contributed by atoms with Crippen molar-refractivity contribution in [3.05, 3.63) is 45.9 Å². The monoisotopic (exact) mass is 259 g/mol. The van der Waals surface area contributed by atoms with Crippen LogP contribution in [0.2, 0.25) is 0 Å². The first-order valence-corrected chi connectivity index (χ1v) is 6.27. The summed E-state index contributed by atoms with van der Waals surface area (Å²) in [6, 6.07) is 7.04. The van der Waals surface area contributed by atoms with Crippen LogP contribution in [-0.4, -0.2) is 15.6 Å². The third kappa shape index (κ3) is 2.52. The fraction of sp³-hybridized carbons (Fsp3) is 0.333. The van der Waals surface area contributed by atoms with E-state index in [-0.39, 0.29) is 17.2 Å². The average Bonchev–Trinajstić information content (AvgIpc) is 2.31. The Morgan fingerprint density at radius 1 is 1.32 bits per heavy atom. The van der Waals surface area contributed by atoms with Crippen molar-refractivity contribution in [3.8, 4) is 0 Å². The molecule has 2 rings (SSSR count). The van der Waals surface area contributed by atoms with Crippen LogP contribution in [0, 0.1) is 12.8 Å². The zero-order valence-electron chi connectivity index (χ0n) is 11.3. The molecule has 0 bridgehead atoms. The number of hydrogen-bond donors (Lipinski definition) is 1. The van der Waals surface area contributed by atoms with E-state index in [0.29, 0.717) is 17.3 Å². The topological polar surface area (TPSA) is 59.3 Å². The molecule has 0 amide bonds. The molecule has 0 aliphatic carbocycles. The summed E-state index contributed by atoms with van der Waals surface area (Å²) in [4.78, 5) is 23.7.